The van der Waals surface area contributed by atoms with E-state index in [0.717, 1.165) is 25.2 Å². The number of aryl methyl sites for hydroxylation is 1. The molecule has 2 rings (SSSR count). The zero-order valence-corrected chi connectivity index (χ0v) is 11.9. The second kappa shape index (κ2) is 5.69. The fourth-order valence-electron chi connectivity index (χ4n) is 2.55. The summed E-state index contributed by atoms with van der Waals surface area (Å²) in [6, 6.07) is -0.404. The molecule has 6 heteroatoms. The Morgan fingerprint density at radius 2 is 2.26 bits per heavy atom. The van der Waals surface area contributed by atoms with E-state index < -0.39 is 6.04 Å². The summed E-state index contributed by atoms with van der Waals surface area (Å²) < 4.78 is 1.93. The lowest BCUT2D eigenvalue weighted by molar-refractivity contribution is -0.134. The molecule has 19 heavy (non-hydrogen) atoms. The monoisotopic (exact) mass is 265 g/mol. The standard InChI is InChI=1S/C13H23N5O/c1-9(2)11(14)13(19)18-6-4-5-10(7-18)12-16-15-8-17(12)3/h8-11H,4-7,14H2,1-3H3/t10?,11-/m0/s1. The van der Waals surface area contributed by atoms with Crippen LogP contribution in [0.2, 0.25) is 0 Å². The first-order valence-electron chi connectivity index (χ1n) is 6.89. The third-order valence-electron chi connectivity index (χ3n) is 3.85. The zero-order chi connectivity index (χ0) is 14.0. The van der Waals surface area contributed by atoms with Crippen molar-refractivity contribution in [2.45, 2.75) is 38.6 Å². The Labute approximate surface area is 114 Å². The molecular weight excluding hydrogens is 242 g/mol. The van der Waals surface area contributed by atoms with Crippen LogP contribution in [0.4, 0.5) is 0 Å². The molecule has 0 spiro atoms. The Morgan fingerprint density at radius 1 is 1.53 bits per heavy atom. The van der Waals surface area contributed by atoms with Gasteiger partial charge in [0, 0.05) is 26.1 Å². The lowest BCUT2D eigenvalue weighted by atomic mass is 9.95. The predicted octanol–water partition coefficient (Wildman–Crippen LogP) is 0.504. The Balaban J connectivity index is 2.05. The van der Waals surface area contributed by atoms with E-state index >= 15 is 0 Å². The Hall–Kier alpha value is -1.43. The number of amides is 1. The number of aromatic nitrogens is 3. The Kier molecular flexibility index (Phi) is 4.19. The molecule has 1 amide bonds. The quantitative estimate of drug-likeness (QED) is 0.863. The third-order valence-corrected chi connectivity index (χ3v) is 3.85. The number of carbonyl (C=O) groups excluding carboxylic acids is 1. The number of nitrogens with two attached hydrogens (primary N) is 1. The molecule has 2 N–H and O–H groups in total. The minimum Gasteiger partial charge on any atom is -0.341 e. The molecule has 0 saturated carbocycles. The summed E-state index contributed by atoms with van der Waals surface area (Å²) in [7, 11) is 1.94. The molecule has 1 saturated heterocycles. The van der Waals surface area contributed by atoms with Crippen molar-refractivity contribution in [2.75, 3.05) is 13.1 Å². The number of carbonyl (C=O) groups is 1. The Morgan fingerprint density at radius 3 is 2.84 bits per heavy atom. The van der Waals surface area contributed by atoms with Crippen molar-refractivity contribution >= 4 is 5.91 Å². The minimum absolute atomic E-state index is 0.0573. The highest BCUT2D eigenvalue weighted by atomic mass is 16.2. The van der Waals surface area contributed by atoms with Crippen LogP contribution < -0.4 is 5.73 Å². The van der Waals surface area contributed by atoms with E-state index in [1.54, 1.807) is 6.33 Å². The number of piperidine rings is 1. The van der Waals surface area contributed by atoms with Gasteiger partial charge in [-0.05, 0) is 18.8 Å². The van der Waals surface area contributed by atoms with Crippen LogP contribution in [-0.2, 0) is 11.8 Å². The van der Waals surface area contributed by atoms with E-state index in [4.69, 9.17) is 5.73 Å². The fourth-order valence-corrected chi connectivity index (χ4v) is 2.55. The van der Waals surface area contributed by atoms with Gasteiger partial charge in [-0.2, -0.15) is 0 Å². The van der Waals surface area contributed by atoms with E-state index in [1.807, 2.05) is 30.4 Å². The zero-order valence-electron chi connectivity index (χ0n) is 11.9. The number of hydrogen-bond acceptors (Lipinski definition) is 4. The second-order valence-corrected chi connectivity index (χ2v) is 5.69. The average molecular weight is 265 g/mol. The first kappa shape index (κ1) is 14.0. The molecule has 1 aromatic rings. The molecule has 2 atom stereocenters. The normalized spacial score (nSPS) is 21.7. The predicted molar refractivity (Wildman–Crippen MR) is 72.4 cm³/mol. The number of likely N-dealkylation sites (tertiary alicyclic amines) is 1. The highest BCUT2D eigenvalue weighted by Crippen LogP contribution is 2.25. The summed E-state index contributed by atoms with van der Waals surface area (Å²) >= 11 is 0. The van der Waals surface area contributed by atoms with Gasteiger partial charge in [0.2, 0.25) is 5.91 Å². The first-order chi connectivity index (χ1) is 9.00. The Bertz CT molecular complexity index is 442. The molecule has 1 aliphatic heterocycles. The van der Waals surface area contributed by atoms with E-state index in [9.17, 15) is 4.79 Å². The molecule has 1 aliphatic rings. The van der Waals surface area contributed by atoms with Gasteiger partial charge in [-0.3, -0.25) is 4.79 Å². The van der Waals surface area contributed by atoms with E-state index in [1.165, 1.54) is 0 Å². The van der Waals surface area contributed by atoms with Gasteiger partial charge in [-0.15, -0.1) is 10.2 Å². The van der Waals surface area contributed by atoms with Gasteiger partial charge in [0.1, 0.15) is 12.2 Å². The highest BCUT2D eigenvalue weighted by molar-refractivity contribution is 5.82. The van der Waals surface area contributed by atoms with Crippen molar-refractivity contribution in [3.63, 3.8) is 0 Å². The maximum atomic E-state index is 12.3. The summed E-state index contributed by atoms with van der Waals surface area (Å²) in [5.74, 6) is 1.45. The van der Waals surface area contributed by atoms with Gasteiger partial charge >= 0.3 is 0 Å². The fraction of sp³-hybridized carbons (Fsp3) is 0.769. The van der Waals surface area contributed by atoms with Crippen LogP contribution in [0.25, 0.3) is 0 Å². The molecule has 6 nitrogen and oxygen atoms in total. The smallest absolute Gasteiger partial charge is 0.239 e. The van der Waals surface area contributed by atoms with Crippen LogP contribution in [0.15, 0.2) is 6.33 Å². The average Bonchev–Trinajstić information content (AvgIpc) is 2.83. The maximum absolute atomic E-state index is 12.3. The van der Waals surface area contributed by atoms with Crippen molar-refractivity contribution in [2.24, 2.45) is 18.7 Å². The molecule has 0 aromatic carbocycles. The van der Waals surface area contributed by atoms with Gasteiger partial charge in [0.15, 0.2) is 0 Å². The second-order valence-electron chi connectivity index (χ2n) is 5.69. The van der Waals surface area contributed by atoms with E-state index in [0.29, 0.717) is 6.54 Å². The SMILES string of the molecule is CC(C)[C@H](N)C(=O)N1CCCC(c2nncn2C)C1. The lowest BCUT2D eigenvalue weighted by Gasteiger charge is -2.34. The third kappa shape index (κ3) is 2.94. The van der Waals surface area contributed by atoms with Gasteiger partial charge in [-0.25, -0.2) is 0 Å². The van der Waals surface area contributed by atoms with Crippen molar-refractivity contribution in [1.29, 1.82) is 0 Å². The van der Waals surface area contributed by atoms with E-state index in [-0.39, 0.29) is 17.7 Å². The van der Waals surface area contributed by atoms with Crippen molar-refractivity contribution in [3.05, 3.63) is 12.2 Å². The van der Waals surface area contributed by atoms with Crippen LogP contribution in [0.5, 0.6) is 0 Å². The molecule has 1 fully saturated rings. The molecule has 2 heterocycles. The van der Waals surface area contributed by atoms with Gasteiger partial charge in [0.05, 0.1) is 6.04 Å². The molecule has 0 radical (unpaired) electrons. The summed E-state index contributed by atoms with van der Waals surface area (Å²) in [5, 5.41) is 8.07. The summed E-state index contributed by atoms with van der Waals surface area (Å²) in [4.78, 5) is 14.2. The van der Waals surface area contributed by atoms with Crippen LogP contribution in [-0.4, -0.2) is 44.7 Å². The molecular formula is C13H23N5O. The maximum Gasteiger partial charge on any atom is 0.239 e. The number of hydrogen-bond donors (Lipinski definition) is 1. The van der Waals surface area contributed by atoms with Gasteiger partial charge < -0.3 is 15.2 Å². The lowest BCUT2D eigenvalue weighted by Crippen LogP contribution is -2.49. The van der Waals surface area contributed by atoms with Crippen molar-refractivity contribution < 1.29 is 4.79 Å². The van der Waals surface area contributed by atoms with Crippen LogP contribution in [0.3, 0.4) is 0 Å². The molecule has 106 valence electrons. The van der Waals surface area contributed by atoms with Crippen LogP contribution >= 0.6 is 0 Å². The highest BCUT2D eigenvalue weighted by Gasteiger charge is 2.30. The minimum atomic E-state index is -0.404. The van der Waals surface area contributed by atoms with Crippen LogP contribution in [0, 0.1) is 5.92 Å². The molecule has 1 unspecified atom stereocenters. The van der Waals surface area contributed by atoms with Crippen molar-refractivity contribution in [3.8, 4) is 0 Å². The van der Waals surface area contributed by atoms with Gasteiger partial charge in [0.25, 0.3) is 0 Å². The summed E-state index contributed by atoms with van der Waals surface area (Å²) in [5.41, 5.74) is 5.96. The summed E-state index contributed by atoms with van der Waals surface area (Å²) in [6.45, 7) is 5.46. The molecule has 0 bridgehead atoms. The first-order valence-corrected chi connectivity index (χ1v) is 6.89. The summed E-state index contributed by atoms with van der Waals surface area (Å²) in [6.07, 6.45) is 3.75. The van der Waals surface area contributed by atoms with Crippen molar-refractivity contribution in [1.82, 2.24) is 19.7 Å². The molecule has 1 aromatic heterocycles. The molecule has 0 aliphatic carbocycles. The topological polar surface area (TPSA) is 77.0 Å². The van der Waals surface area contributed by atoms with E-state index in [2.05, 4.69) is 10.2 Å². The number of nitrogens with zero attached hydrogens (tertiary/aromatic N) is 4. The van der Waals surface area contributed by atoms with Gasteiger partial charge in [-0.1, -0.05) is 13.8 Å². The largest absolute Gasteiger partial charge is 0.341 e. The number of rotatable bonds is 3. The van der Waals surface area contributed by atoms with Crippen LogP contribution in [0.1, 0.15) is 38.4 Å².